The minimum absolute atomic E-state index is 0.118. The Balaban J connectivity index is 1.72. The van der Waals surface area contributed by atoms with Crippen LogP contribution in [0, 0.1) is 6.92 Å². The molecule has 0 aliphatic carbocycles. The SMILES string of the molecule is Cc1c(CC(=O)NCCN(C)C)c2cc(NC(=O)c3ccccc3)ccc2n1C(=O)c1ccc(Br)cc1. The summed E-state index contributed by atoms with van der Waals surface area (Å²) in [6.45, 7) is 3.10. The molecule has 0 saturated heterocycles. The van der Waals surface area contributed by atoms with Crippen molar-refractivity contribution in [3.63, 3.8) is 0 Å². The zero-order valence-corrected chi connectivity index (χ0v) is 22.6. The van der Waals surface area contributed by atoms with E-state index in [9.17, 15) is 14.4 Å². The van der Waals surface area contributed by atoms with Crippen LogP contribution in [0.3, 0.4) is 0 Å². The van der Waals surface area contributed by atoms with Gasteiger partial charge in [0.15, 0.2) is 0 Å². The third-order valence-corrected chi connectivity index (χ3v) is 6.67. The van der Waals surface area contributed by atoms with Crippen molar-refractivity contribution in [3.8, 4) is 0 Å². The van der Waals surface area contributed by atoms with Crippen LogP contribution in [0.4, 0.5) is 5.69 Å². The van der Waals surface area contributed by atoms with E-state index in [0.29, 0.717) is 34.6 Å². The van der Waals surface area contributed by atoms with Crippen LogP contribution >= 0.6 is 15.9 Å². The number of amides is 2. The molecule has 1 aromatic heterocycles. The van der Waals surface area contributed by atoms with Crippen molar-refractivity contribution >= 4 is 50.2 Å². The molecular weight excluding hydrogens is 532 g/mol. The van der Waals surface area contributed by atoms with E-state index in [-0.39, 0.29) is 24.1 Å². The number of nitrogens with one attached hydrogen (secondary N) is 2. The molecule has 37 heavy (non-hydrogen) atoms. The predicted molar refractivity (Wildman–Crippen MR) is 150 cm³/mol. The number of benzene rings is 3. The van der Waals surface area contributed by atoms with Crippen LogP contribution in [0.2, 0.25) is 0 Å². The average Bonchev–Trinajstić information content (AvgIpc) is 3.14. The van der Waals surface area contributed by atoms with Crippen molar-refractivity contribution in [1.82, 2.24) is 14.8 Å². The Hall–Kier alpha value is -3.75. The molecule has 0 atom stereocenters. The van der Waals surface area contributed by atoms with Gasteiger partial charge in [0.1, 0.15) is 0 Å². The molecule has 1 heterocycles. The summed E-state index contributed by atoms with van der Waals surface area (Å²) in [7, 11) is 3.89. The molecule has 0 fully saturated rings. The van der Waals surface area contributed by atoms with E-state index in [1.807, 2.05) is 68.4 Å². The van der Waals surface area contributed by atoms with E-state index in [1.54, 1.807) is 34.9 Å². The van der Waals surface area contributed by atoms with Crippen molar-refractivity contribution in [1.29, 1.82) is 0 Å². The van der Waals surface area contributed by atoms with Crippen LogP contribution in [0.1, 0.15) is 32.0 Å². The first-order chi connectivity index (χ1) is 17.7. The van der Waals surface area contributed by atoms with Crippen LogP contribution in [-0.4, -0.2) is 54.4 Å². The number of nitrogens with zero attached hydrogens (tertiary/aromatic N) is 2. The fourth-order valence-electron chi connectivity index (χ4n) is 4.20. The molecule has 7 nitrogen and oxygen atoms in total. The van der Waals surface area contributed by atoms with Gasteiger partial charge in [0.25, 0.3) is 11.8 Å². The number of carbonyl (C=O) groups is 3. The molecule has 0 aliphatic rings. The number of carbonyl (C=O) groups excluding carboxylic acids is 3. The molecule has 2 N–H and O–H groups in total. The normalized spacial score (nSPS) is 11.1. The van der Waals surface area contributed by atoms with Crippen LogP contribution in [0.15, 0.2) is 77.3 Å². The lowest BCUT2D eigenvalue weighted by molar-refractivity contribution is -0.120. The molecule has 0 radical (unpaired) electrons. The standard InChI is InChI=1S/C29H29BrN4O3/c1-19-24(18-27(35)31-15-16-33(2)3)25-17-23(32-28(36)20-7-5-4-6-8-20)13-14-26(25)34(19)29(37)21-9-11-22(30)12-10-21/h4-14,17H,15-16,18H2,1-3H3,(H,31,35)(H,32,36). The summed E-state index contributed by atoms with van der Waals surface area (Å²) in [5.74, 6) is -0.542. The van der Waals surface area contributed by atoms with Gasteiger partial charge in [-0.2, -0.15) is 0 Å². The fourth-order valence-corrected chi connectivity index (χ4v) is 4.47. The van der Waals surface area contributed by atoms with Gasteiger partial charge in [-0.15, -0.1) is 0 Å². The maximum absolute atomic E-state index is 13.6. The maximum atomic E-state index is 13.6. The molecule has 0 unspecified atom stereocenters. The largest absolute Gasteiger partial charge is 0.355 e. The van der Waals surface area contributed by atoms with Gasteiger partial charge in [-0.05, 0) is 81.2 Å². The Morgan fingerprint density at radius 3 is 2.30 bits per heavy atom. The monoisotopic (exact) mass is 560 g/mol. The summed E-state index contributed by atoms with van der Waals surface area (Å²) in [6, 6.07) is 21.6. The van der Waals surface area contributed by atoms with Crippen molar-refractivity contribution in [2.24, 2.45) is 0 Å². The number of aromatic nitrogens is 1. The second-order valence-corrected chi connectivity index (χ2v) is 10.0. The Labute approximate surface area is 224 Å². The Morgan fingerprint density at radius 1 is 0.919 bits per heavy atom. The zero-order valence-electron chi connectivity index (χ0n) is 21.0. The second-order valence-electron chi connectivity index (χ2n) is 9.09. The van der Waals surface area contributed by atoms with Gasteiger partial charge in [-0.3, -0.25) is 19.0 Å². The van der Waals surface area contributed by atoms with E-state index in [1.165, 1.54) is 0 Å². The van der Waals surface area contributed by atoms with Gasteiger partial charge < -0.3 is 15.5 Å². The number of halogens is 1. The van der Waals surface area contributed by atoms with Gasteiger partial charge in [-0.25, -0.2) is 0 Å². The van der Waals surface area contributed by atoms with E-state index in [0.717, 1.165) is 22.0 Å². The highest BCUT2D eigenvalue weighted by atomic mass is 79.9. The highest BCUT2D eigenvalue weighted by Gasteiger charge is 2.22. The maximum Gasteiger partial charge on any atom is 0.262 e. The van der Waals surface area contributed by atoms with Gasteiger partial charge >= 0.3 is 0 Å². The lowest BCUT2D eigenvalue weighted by Gasteiger charge is -2.11. The average molecular weight is 561 g/mol. The van der Waals surface area contributed by atoms with Gasteiger partial charge in [-0.1, -0.05) is 34.1 Å². The summed E-state index contributed by atoms with van der Waals surface area (Å²) in [6.07, 6.45) is 0.118. The summed E-state index contributed by atoms with van der Waals surface area (Å²) >= 11 is 3.41. The number of anilines is 1. The minimum Gasteiger partial charge on any atom is -0.355 e. The van der Waals surface area contributed by atoms with E-state index < -0.39 is 0 Å². The third kappa shape index (κ3) is 6.15. The fraction of sp³-hybridized carbons (Fsp3) is 0.207. The number of likely N-dealkylation sites (N-methyl/N-ethyl adjacent to an activating group) is 1. The first-order valence-electron chi connectivity index (χ1n) is 12.0. The molecule has 0 aliphatic heterocycles. The number of hydrogen-bond donors (Lipinski definition) is 2. The Bertz CT molecular complexity index is 1440. The summed E-state index contributed by atoms with van der Waals surface area (Å²) < 4.78 is 2.52. The summed E-state index contributed by atoms with van der Waals surface area (Å²) in [4.78, 5) is 41.1. The second kappa shape index (κ2) is 11.5. The molecule has 2 amide bonds. The lowest BCUT2D eigenvalue weighted by Crippen LogP contribution is -2.32. The Kier molecular flexibility index (Phi) is 8.21. The third-order valence-electron chi connectivity index (χ3n) is 6.14. The molecule has 0 bridgehead atoms. The molecular formula is C29H29BrN4O3. The quantitative estimate of drug-likeness (QED) is 0.322. The van der Waals surface area contributed by atoms with E-state index in [2.05, 4.69) is 26.6 Å². The zero-order chi connectivity index (χ0) is 26.5. The molecule has 0 saturated carbocycles. The first-order valence-corrected chi connectivity index (χ1v) is 12.8. The predicted octanol–water partition coefficient (Wildman–Crippen LogP) is 4.87. The molecule has 3 aromatic carbocycles. The number of rotatable bonds is 8. The van der Waals surface area contributed by atoms with E-state index in [4.69, 9.17) is 0 Å². The van der Waals surface area contributed by atoms with Crippen LogP contribution in [0.5, 0.6) is 0 Å². The summed E-state index contributed by atoms with van der Waals surface area (Å²) in [5, 5.41) is 6.63. The lowest BCUT2D eigenvalue weighted by atomic mass is 10.1. The molecule has 8 heteroatoms. The van der Waals surface area contributed by atoms with Gasteiger partial charge in [0.2, 0.25) is 5.91 Å². The highest BCUT2D eigenvalue weighted by molar-refractivity contribution is 9.10. The smallest absolute Gasteiger partial charge is 0.262 e. The van der Waals surface area contributed by atoms with Gasteiger partial charge in [0.05, 0.1) is 11.9 Å². The van der Waals surface area contributed by atoms with Crippen molar-refractivity contribution in [2.75, 3.05) is 32.5 Å². The Morgan fingerprint density at radius 2 is 1.62 bits per heavy atom. The molecule has 4 aromatic rings. The van der Waals surface area contributed by atoms with Crippen molar-refractivity contribution in [2.45, 2.75) is 13.3 Å². The molecule has 0 spiro atoms. The van der Waals surface area contributed by atoms with E-state index >= 15 is 0 Å². The van der Waals surface area contributed by atoms with Crippen LogP contribution in [-0.2, 0) is 11.2 Å². The number of hydrogen-bond acceptors (Lipinski definition) is 4. The summed E-state index contributed by atoms with van der Waals surface area (Å²) in [5.41, 5.74) is 3.79. The van der Waals surface area contributed by atoms with Crippen LogP contribution < -0.4 is 10.6 Å². The van der Waals surface area contributed by atoms with Crippen molar-refractivity contribution in [3.05, 3.63) is 99.7 Å². The van der Waals surface area contributed by atoms with Gasteiger partial charge in [0, 0.05) is 45.5 Å². The van der Waals surface area contributed by atoms with Crippen molar-refractivity contribution < 1.29 is 14.4 Å². The van der Waals surface area contributed by atoms with Crippen LogP contribution in [0.25, 0.3) is 10.9 Å². The topological polar surface area (TPSA) is 83.4 Å². The first kappa shape index (κ1) is 26.3. The minimum atomic E-state index is -0.231. The molecule has 4 rings (SSSR count). The molecule has 190 valence electrons. The highest BCUT2D eigenvalue weighted by Crippen LogP contribution is 2.30. The number of fused-ring (bicyclic) bond motifs is 1.